The normalized spacial score (nSPS) is 13.7. The highest BCUT2D eigenvalue weighted by Crippen LogP contribution is 2.24. The number of carbonyl (C=O) groups excluding carboxylic acids is 2. The van der Waals surface area contributed by atoms with Gasteiger partial charge in [0, 0.05) is 37.6 Å². The first-order valence-electron chi connectivity index (χ1n) is 10.7. The molecule has 6 nitrogen and oxygen atoms in total. The van der Waals surface area contributed by atoms with Crippen molar-refractivity contribution in [3.63, 3.8) is 0 Å². The van der Waals surface area contributed by atoms with E-state index in [0.717, 1.165) is 24.1 Å². The van der Waals surface area contributed by atoms with E-state index >= 15 is 0 Å². The van der Waals surface area contributed by atoms with Crippen LogP contribution in [0.25, 0.3) is 0 Å². The molecule has 1 heterocycles. The molecule has 0 saturated carbocycles. The zero-order valence-electron chi connectivity index (χ0n) is 17.9. The van der Waals surface area contributed by atoms with Crippen LogP contribution in [0.15, 0.2) is 72.8 Å². The van der Waals surface area contributed by atoms with Crippen LogP contribution in [0.2, 0.25) is 0 Å². The number of halogens is 2. The second-order valence-electron chi connectivity index (χ2n) is 7.80. The van der Waals surface area contributed by atoms with Crippen molar-refractivity contribution in [3.05, 3.63) is 95.6 Å². The number of benzene rings is 3. The fourth-order valence-electron chi connectivity index (χ4n) is 3.73. The monoisotopic (exact) mass is 450 g/mol. The maximum absolute atomic E-state index is 13.5. The van der Waals surface area contributed by atoms with Crippen LogP contribution >= 0.6 is 0 Å². The second kappa shape index (κ2) is 10.1. The summed E-state index contributed by atoms with van der Waals surface area (Å²) in [6, 6.07) is 19.7. The van der Waals surface area contributed by atoms with E-state index < -0.39 is 11.6 Å². The topological polar surface area (TPSA) is 64.7 Å². The summed E-state index contributed by atoms with van der Waals surface area (Å²) in [5.41, 5.74) is 2.72. The van der Waals surface area contributed by atoms with Crippen LogP contribution in [-0.2, 0) is 13.1 Å². The van der Waals surface area contributed by atoms with Crippen LogP contribution in [0, 0.1) is 11.6 Å². The maximum atomic E-state index is 13.5. The Morgan fingerprint density at radius 1 is 0.879 bits per heavy atom. The Hall–Kier alpha value is -3.94. The summed E-state index contributed by atoms with van der Waals surface area (Å²) in [7, 11) is 0. The molecule has 1 aliphatic heterocycles. The van der Waals surface area contributed by atoms with Gasteiger partial charge < -0.3 is 15.5 Å². The summed E-state index contributed by atoms with van der Waals surface area (Å²) in [6.07, 6.45) is 0.727. The molecule has 0 bridgehead atoms. The van der Waals surface area contributed by atoms with Gasteiger partial charge in [-0.2, -0.15) is 0 Å². The minimum Gasteiger partial charge on any atom is -0.334 e. The SMILES string of the molecule is O=C(NCc1ccccc1)Nc1cccc(N2CCCN(Cc3ccc(F)c(F)c3)C2=O)c1. The molecule has 4 amide bonds. The third kappa shape index (κ3) is 5.65. The number of nitrogens with one attached hydrogen (secondary N) is 2. The molecular weight excluding hydrogens is 426 g/mol. The van der Waals surface area contributed by atoms with E-state index in [1.807, 2.05) is 30.3 Å². The van der Waals surface area contributed by atoms with Crippen molar-refractivity contribution in [1.82, 2.24) is 10.2 Å². The Kier molecular flexibility index (Phi) is 6.83. The Bertz CT molecular complexity index is 1140. The summed E-state index contributed by atoms with van der Waals surface area (Å²) in [5, 5.41) is 5.59. The Balaban J connectivity index is 1.39. The van der Waals surface area contributed by atoms with E-state index in [0.29, 0.717) is 36.6 Å². The zero-order chi connectivity index (χ0) is 23.2. The third-order valence-electron chi connectivity index (χ3n) is 5.38. The predicted molar refractivity (Wildman–Crippen MR) is 123 cm³/mol. The summed E-state index contributed by atoms with van der Waals surface area (Å²) in [5.74, 6) is -1.85. The summed E-state index contributed by atoms with van der Waals surface area (Å²) < 4.78 is 26.7. The molecule has 0 radical (unpaired) electrons. The largest absolute Gasteiger partial charge is 0.334 e. The molecule has 33 heavy (non-hydrogen) atoms. The van der Waals surface area contributed by atoms with Gasteiger partial charge in [0.15, 0.2) is 11.6 Å². The summed E-state index contributed by atoms with van der Waals surface area (Å²) in [4.78, 5) is 28.6. The van der Waals surface area contributed by atoms with Crippen molar-refractivity contribution in [2.75, 3.05) is 23.3 Å². The lowest BCUT2D eigenvalue weighted by molar-refractivity contribution is 0.192. The minimum absolute atomic E-state index is 0.187. The number of anilines is 2. The van der Waals surface area contributed by atoms with Gasteiger partial charge >= 0.3 is 12.1 Å². The van der Waals surface area contributed by atoms with E-state index in [1.165, 1.54) is 6.07 Å². The fourth-order valence-corrected chi connectivity index (χ4v) is 3.73. The standard InChI is InChI=1S/C25H24F2N4O2/c26-22-11-10-19(14-23(22)27)17-30-12-5-13-31(25(30)33)21-9-4-8-20(15-21)29-24(32)28-16-18-6-2-1-3-7-18/h1-4,6-11,14-15H,5,12-13,16-17H2,(H2,28,29,32). The molecule has 3 aromatic rings. The molecule has 0 unspecified atom stereocenters. The minimum atomic E-state index is -0.932. The number of amides is 4. The molecule has 170 valence electrons. The molecule has 1 aliphatic rings. The number of hydrogen-bond donors (Lipinski definition) is 2. The molecule has 0 atom stereocenters. The van der Waals surface area contributed by atoms with Crippen LogP contribution in [0.3, 0.4) is 0 Å². The van der Waals surface area contributed by atoms with Gasteiger partial charge in [0.25, 0.3) is 0 Å². The first kappa shape index (κ1) is 22.3. The second-order valence-corrected chi connectivity index (χ2v) is 7.80. The van der Waals surface area contributed by atoms with Gasteiger partial charge in [-0.05, 0) is 47.9 Å². The van der Waals surface area contributed by atoms with E-state index in [9.17, 15) is 18.4 Å². The zero-order valence-corrected chi connectivity index (χ0v) is 17.9. The number of nitrogens with zero attached hydrogens (tertiary/aromatic N) is 2. The molecule has 2 N–H and O–H groups in total. The Morgan fingerprint density at radius 2 is 1.70 bits per heavy atom. The van der Waals surface area contributed by atoms with Crippen molar-refractivity contribution in [2.45, 2.75) is 19.5 Å². The summed E-state index contributed by atoms with van der Waals surface area (Å²) >= 11 is 0. The van der Waals surface area contributed by atoms with Crippen molar-refractivity contribution < 1.29 is 18.4 Å². The lowest BCUT2D eigenvalue weighted by Gasteiger charge is -2.36. The van der Waals surface area contributed by atoms with Crippen molar-refractivity contribution in [1.29, 1.82) is 0 Å². The van der Waals surface area contributed by atoms with E-state index in [1.54, 1.807) is 34.1 Å². The molecular formula is C25H24F2N4O2. The molecule has 0 aliphatic carbocycles. The van der Waals surface area contributed by atoms with Gasteiger partial charge in [-0.25, -0.2) is 18.4 Å². The first-order chi connectivity index (χ1) is 16.0. The van der Waals surface area contributed by atoms with E-state index in [4.69, 9.17) is 0 Å². The van der Waals surface area contributed by atoms with E-state index in [-0.39, 0.29) is 18.6 Å². The van der Waals surface area contributed by atoms with Crippen molar-refractivity contribution >= 4 is 23.4 Å². The fraction of sp³-hybridized carbons (Fsp3) is 0.200. The quantitative estimate of drug-likeness (QED) is 0.548. The van der Waals surface area contributed by atoms with Crippen LogP contribution < -0.4 is 15.5 Å². The summed E-state index contributed by atoms with van der Waals surface area (Å²) in [6.45, 7) is 1.63. The third-order valence-corrected chi connectivity index (χ3v) is 5.38. The average molecular weight is 450 g/mol. The van der Waals surface area contributed by atoms with Gasteiger partial charge in [-0.3, -0.25) is 4.90 Å². The lowest BCUT2D eigenvalue weighted by Crippen LogP contribution is -2.49. The van der Waals surface area contributed by atoms with E-state index in [2.05, 4.69) is 10.6 Å². The van der Waals surface area contributed by atoms with Crippen LogP contribution in [0.4, 0.5) is 29.7 Å². The molecule has 1 fully saturated rings. The van der Waals surface area contributed by atoms with Gasteiger partial charge in [-0.1, -0.05) is 42.5 Å². The highest BCUT2D eigenvalue weighted by Gasteiger charge is 2.27. The van der Waals surface area contributed by atoms with Gasteiger partial charge in [0.2, 0.25) is 0 Å². The first-order valence-corrected chi connectivity index (χ1v) is 10.7. The van der Waals surface area contributed by atoms with Crippen LogP contribution in [0.1, 0.15) is 17.5 Å². The van der Waals surface area contributed by atoms with Gasteiger partial charge in [0.1, 0.15) is 0 Å². The predicted octanol–water partition coefficient (Wildman–Crippen LogP) is 5.12. The van der Waals surface area contributed by atoms with Crippen molar-refractivity contribution in [2.24, 2.45) is 0 Å². The van der Waals surface area contributed by atoms with Crippen LogP contribution in [0.5, 0.6) is 0 Å². The molecule has 8 heteroatoms. The lowest BCUT2D eigenvalue weighted by atomic mass is 10.1. The number of rotatable bonds is 6. The number of hydrogen-bond acceptors (Lipinski definition) is 2. The Labute approximate surface area is 190 Å². The smallest absolute Gasteiger partial charge is 0.324 e. The molecule has 4 rings (SSSR count). The van der Waals surface area contributed by atoms with Crippen LogP contribution in [-0.4, -0.2) is 30.1 Å². The number of urea groups is 2. The molecule has 1 saturated heterocycles. The maximum Gasteiger partial charge on any atom is 0.324 e. The van der Waals surface area contributed by atoms with Crippen molar-refractivity contribution in [3.8, 4) is 0 Å². The molecule has 3 aromatic carbocycles. The Morgan fingerprint density at radius 3 is 2.48 bits per heavy atom. The van der Waals surface area contributed by atoms with Gasteiger partial charge in [0.05, 0.1) is 0 Å². The number of carbonyl (C=O) groups is 2. The highest BCUT2D eigenvalue weighted by molar-refractivity contribution is 5.95. The molecule has 0 aromatic heterocycles. The highest BCUT2D eigenvalue weighted by atomic mass is 19.2. The molecule has 0 spiro atoms. The van der Waals surface area contributed by atoms with Gasteiger partial charge in [-0.15, -0.1) is 0 Å². The average Bonchev–Trinajstić information content (AvgIpc) is 2.82.